The summed E-state index contributed by atoms with van der Waals surface area (Å²) in [6.07, 6.45) is 0. The predicted octanol–water partition coefficient (Wildman–Crippen LogP) is 5.66. The summed E-state index contributed by atoms with van der Waals surface area (Å²) in [5.41, 5.74) is -1.95. The molecule has 0 aliphatic heterocycles. The van der Waals surface area contributed by atoms with Crippen molar-refractivity contribution in [1.29, 1.82) is 0 Å². The molecule has 0 heterocycles. The van der Waals surface area contributed by atoms with Crippen LogP contribution in [0.15, 0.2) is 97.1 Å². The van der Waals surface area contributed by atoms with Gasteiger partial charge in [0.2, 0.25) is 0 Å². The molecule has 0 amide bonds. The molecule has 0 radical (unpaired) electrons. The smallest absolute Gasteiger partial charge is 0.258 e. The molecule has 0 aliphatic rings. The maximum Gasteiger partial charge on any atom is 0.277 e. The Morgan fingerprint density at radius 1 is 0.429 bits per heavy atom. The van der Waals surface area contributed by atoms with Gasteiger partial charge in [-0.3, -0.25) is 40.5 Å². The van der Waals surface area contributed by atoms with E-state index in [1.807, 2.05) is 0 Å². The topological polar surface area (TPSA) is 173 Å². The number of nitro groups is 4. The van der Waals surface area contributed by atoms with E-state index in [1.54, 1.807) is 62.4 Å². The highest BCUT2D eigenvalue weighted by atomic mass is 31.1. The number of para-hydroxylation sites is 4. The molecule has 0 N–H and O–H groups in total. The van der Waals surface area contributed by atoms with Gasteiger partial charge in [0.05, 0.1) is 40.9 Å². The Labute approximate surface area is 242 Å². The summed E-state index contributed by atoms with van der Waals surface area (Å²) in [6, 6.07) is 24.2. The Balaban J connectivity index is 2.02. The van der Waals surface area contributed by atoms with Crippen LogP contribution >= 0.6 is 15.8 Å². The normalized spacial score (nSPS) is 12.6. The molecule has 0 aliphatic carbocycles. The van der Waals surface area contributed by atoms with E-state index in [1.165, 1.54) is 48.5 Å². The zero-order chi connectivity index (χ0) is 30.6. The molecular formula is C28H24N4O8P2. The third kappa shape index (κ3) is 6.00. The van der Waals surface area contributed by atoms with Crippen LogP contribution in [0.4, 0.5) is 22.7 Å². The second-order valence-corrected chi connectivity index (χ2v) is 14.2. The first-order valence-electron chi connectivity index (χ1n) is 12.6. The molecule has 12 nitrogen and oxygen atoms in total. The first-order chi connectivity index (χ1) is 20.0. The minimum atomic E-state index is -1.83. The van der Waals surface area contributed by atoms with Gasteiger partial charge in [-0.05, 0) is 51.4 Å². The molecule has 42 heavy (non-hydrogen) atoms. The summed E-state index contributed by atoms with van der Waals surface area (Å²) in [7, 11) is -3.66. The number of rotatable bonds is 11. The molecule has 0 fully saturated rings. The van der Waals surface area contributed by atoms with Gasteiger partial charge >= 0.3 is 0 Å². The SMILES string of the molecule is CC(C(C)P(c1ccccc1[N+](=O)[O-])c1ccccc1[N+](=O)[O-])P(c1ccccc1[N+](=O)[O-])c1ccccc1[N+](=O)[O-]. The molecule has 0 saturated carbocycles. The van der Waals surface area contributed by atoms with Crippen LogP contribution in [0.3, 0.4) is 0 Å². The minimum absolute atomic E-state index is 0.207. The number of nitro benzene ring substituents is 4. The van der Waals surface area contributed by atoms with Crippen molar-refractivity contribution < 1.29 is 19.7 Å². The van der Waals surface area contributed by atoms with E-state index in [2.05, 4.69) is 0 Å². The third-order valence-corrected chi connectivity index (χ3v) is 13.2. The molecule has 4 rings (SSSR count). The molecule has 0 bridgehead atoms. The predicted molar refractivity (Wildman–Crippen MR) is 164 cm³/mol. The van der Waals surface area contributed by atoms with E-state index in [4.69, 9.17) is 0 Å². The molecule has 0 spiro atoms. The number of hydrogen-bond acceptors (Lipinski definition) is 8. The number of nitrogens with zero attached hydrogens (tertiary/aromatic N) is 4. The van der Waals surface area contributed by atoms with Gasteiger partial charge in [-0.2, -0.15) is 0 Å². The Morgan fingerprint density at radius 2 is 0.619 bits per heavy atom. The third-order valence-electron chi connectivity index (χ3n) is 6.86. The highest BCUT2D eigenvalue weighted by Gasteiger charge is 2.40. The zero-order valence-corrected chi connectivity index (χ0v) is 24.1. The van der Waals surface area contributed by atoms with Gasteiger partial charge < -0.3 is 0 Å². The highest BCUT2D eigenvalue weighted by molar-refractivity contribution is 7.78. The minimum Gasteiger partial charge on any atom is -0.258 e. The fourth-order valence-corrected chi connectivity index (χ4v) is 11.4. The molecule has 2 unspecified atom stereocenters. The maximum absolute atomic E-state index is 12.1. The molecule has 0 saturated heterocycles. The summed E-state index contributed by atoms with van der Waals surface area (Å²) in [5, 5.41) is 49.7. The fourth-order valence-electron chi connectivity index (χ4n) is 4.86. The van der Waals surface area contributed by atoms with Crippen molar-refractivity contribution in [3.63, 3.8) is 0 Å². The monoisotopic (exact) mass is 606 g/mol. The van der Waals surface area contributed by atoms with E-state index in [0.717, 1.165) is 0 Å². The zero-order valence-electron chi connectivity index (χ0n) is 22.3. The molecule has 214 valence electrons. The molecule has 14 heteroatoms. The van der Waals surface area contributed by atoms with Crippen LogP contribution in [0.1, 0.15) is 13.8 Å². The van der Waals surface area contributed by atoms with Crippen LogP contribution in [-0.4, -0.2) is 31.0 Å². The van der Waals surface area contributed by atoms with Crippen molar-refractivity contribution in [3.8, 4) is 0 Å². The van der Waals surface area contributed by atoms with Gasteiger partial charge in [-0.1, -0.05) is 62.4 Å². The van der Waals surface area contributed by atoms with Crippen LogP contribution in [-0.2, 0) is 0 Å². The first kappa shape index (κ1) is 30.3. The van der Waals surface area contributed by atoms with Gasteiger partial charge in [-0.15, -0.1) is 0 Å². The van der Waals surface area contributed by atoms with Gasteiger partial charge in [0, 0.05) is 24.3 Å². The Bertz CT molecular complexity index is 1450. The second-order valence-electron chi connectivity index (χ2n) is 9.20. The summed E-state index contributed by atoms with van der Waals surface area (Å²) in [6.45, 7) is 3.59. The molecule has 2 atom stereocenters. The van der Waals surface area contributed by atoms with Crippen molar-refractivity contribution in [2.45, 2.75) is 25.2 Å². The Hall–Kier alpha value is -4.66. The van der Waals surface area contributed by atoms with Crippen LogP contribution in [0.5, 0.6) is 0 Å². The standard InChI is InChI=1S/C28H24N4O8P2/c1-19(41(25-15-7-3-11-21(25)29(33)34)26-16-8-4-12-22(26)30(35)36)20(2)42(27-17-9-5-13-23(27)31(37)38)28-18-10-6-14-24(28)32(39)40/h3-20H,1-2H3. The largest absolute Gasteiger partial charge is 0.277 e. The van der Waals surface area contributed by atoms with E-state index in [-0.39, 0.29) is 22.7 Å². The summed E-state index contributed by atoms with van der Waals surface area (Å²) in [4.78, 5) is 46.3. The van der Waals surface area contributed by atoms with Crippen LogP contribution in [0.25, 0.3) is 0 Å². The van der Waals surface area contributed by atoms with Gasteiger partial charge in [0.1, 0.15) is 0 Å². The average Bonchev–Trinajstić information content (AvgIpc) is 2.98. The van der Waals surface area contributed by atoms with E-state index < -0.39 is 46.9 Å². The van der Waals surface area contributed by atoms with Crippen LogP contribution in [0.2, 0.25) is 0 Å². The van der Waals surface area contributed by atoms with E-state index in [9.17, 15) is 40.5 Å². The van der Waals surface area contributed by atoms with E-state index >= 15 is 0 Å². The Morgan fingerprint density at radius 3 is 0.810 bits per heavy atom. The number of hydrogen-bond donors (Lipinski definition) is 0. The lowest BCUT2D eigenvalue weighted by molar-refractivity contribution is -0.384. The highest BCUT2D eigenvalue weighted by Crippen LogP contribution is 2.54. The summed E-state index contributed by atoms with van der Waals surface area (Å²) in [5.74, 6) is 0. The fraction of sp³-hybridized carbons (Fsp3) is 0.143. The van der Waals surface area contributed by atoms with E-state index in [0.29, 0.717) is 21.2 Å². The number of benzene rings is 4. The molecule has 4 aromatic carbocycles. The van der Waals surface area contributed by atoms with Crippen LogP contribution < -0.4 is 21.2 Å². The summed E-state index contributed by atoms with van der Waals surface area (Å²) >= 11 is 0. The summed E-state index contributed by atoms with van der Waals surface area (Å²) < 4.78 is 0. The van der Waals surface area contributed by atoms with Crippen molar-refractivity contribution in [1.82, 2.24) is 0 Å². The van der Waals surface area contributed by atoms with Crippen molar-refractivity contribution in [3.05, 3.63) is 138 Å². The Kier molecular flexibility index (Phi) is 9.30. The lowest BCUT2D eigenvalue weighted by Crippen LogP contribution is -2.33. The molecule has 0 aromatic heterocycles. The van der Waals surface area contributed by atoms with Crippen molar-refractivity contribution in [2.75, 3.05) is 0 Å². The van der Waals surface area contributed by atoms with Crippen LogP contribution in [0, 0.1) is 40.5 Å². The lowest BCUT2D eigenvalue weighted by atomic mass is 10.3. The van der Waals surface area contributed by atoms with Gasteiger partial charge in [-0.25, -0.2) is 0 Å². The van der Waals surface area contributed by atoms with Crippen molar-refractivity contribution in [2.24, 2.45) is 0 Å². The molecule has 4 aromatic rings. The quantitative estimate of drug-likeness (QED) is 0.119. The second kappa shape index (κ2) is 12.9. The van der Waals surface area contributed by atoms with Gasteiger partial charge in [0.15, 0.2) is 0 Å². The maximum atomic E-state index is 12.1. The van der Waals surface area contributed by atoms with Gasteiger partial charge in [0.25, 0.3) is 22.7 Å². The van der Waals surface area contributed by atoms with Crippen molar-refractivity contribution >= 4 is 59.8 Å². The average molecular weight is 606 g/mol. The molecular weight excluding hydrogens is 582 g/mol. The lowest BCUT2D eigenvalue weighted by Gasteiger charge is -2.34. The first-order valence-corrected chi connectivity index (χ1v) is 15.4.